The average Bonchev–Trinajstić information content (AvgIpc) is 3.06. The standard InChI is InChI=1S/C19H20N4O3S/c24-16-8-9-23(19(26)22-16)11-17(25)21-18-20-14-7-6-13(10-15(14)27-18)12-4-2-1-3-5-12/h1-5,13H,6-11H2,(H,20,21,25)(H,22,24,26)/t13-/m0/s1. The fourth-order valence-electron chi connectivity index (χ4n) is 3.52. The molecule has 1 aromatic heterocycles. The molecular weight excluding hydrogens is 364 g/mol. The average molecular weight is 384 g/mol. The number of nitrogens with zero attached hydrogens (tertiary/aromatic N) is 2. The molecule has 0 saturated carbocycles. The van der Waals surface area contributed by atoms with Crippen LogP contribution in [0.15, 0.2) is 30.3 Å². The van der Waals surface area contributed by atoms with Gasteiger partial charge in [0.2, 0.25) is 11.8 Å². The number of aromatic nitrogens is 1. The zero-order valence-corrected chi connectivity index (χ0v) is 15.6. The second-order valence-corrected chi connectivity index (χ2v) is 7.90. The minimum Gasteiger partial charge on any atom is -0.315 e. The number of benzene rings is 1. The molecule has 8 heteroatoms. The van der Waals surface area contributed by atoms with E-state index < -0.39 is 6.03 Å². The van der Waals surface area contributed by atoms with E-state index in [1.54, 1.807) is 0 Å². The monoisotopic (exact) mass is 384 g/mol. The fraction of sp³-hybridized carbons (Fsp3) is 0.368. The lowest BCUT2D eigenvalue weighted by Crippen LogP contribution is -2.51. The summed E-state index contributed by atoms with van der Waals surface area (Å²) in [6.45, 7) is 0.168. The third kappa shape index (κ3) is 4.00. The van der Waals surface area contributed by atoms with E-state index in [1.165, 1.54) is 26.7 Å². The third-order valence-corrected chi connectivity index (χ3v) is 5.97. The second-order valence-electron chi connectivity index (χ2n) is 6.81. The maximum Gasteiger partial charge on any atom is 0.324 e. The summed E-state index contributed by atoms with van der Waals surface area (Å²) in [4.78, 5) is 42.2. The number of thiazole rings is 1. The van der Waals surface area contributed by atoms with Crippen LogP contribution in [0.4, 0.5) is 9.93 Å². The SMILES string of the molecule is O=C1CCN(CC(=O)Nc2nc3c(s2)C[C@@H](c2ccccc2)CC3)C(=O)N1. The van der Waals surface area contributed by atoms with Crippen molar-refractivity contribution >= 4 is 34.3 Å². The number of fused-ring (bicyclic) bond motifs is 1. The van der Waals surface area contributed by atoms with Crippen molar-refractivity contribution in [3.05, 3.63) is 46.5 Å². The van der Waals surface area contributed by atoms with E-state index in [4.69, 9.17) is 0 Å². The van der Waals surface area contributed by atoms with Crippen LogP contribution in [0, 0.1) is 0 Å². The molecule has 2 N–H and O–H groups in total. The number of urea groups is 1. The van der Waals surface area contributed by atoms with Gasteiger partial charge in [-0.15, -0.1) is 11.3 Å². The molecule has 2 aromatic rings. The molecule has 2 aliphatic rings. The molecule has 2 heterocycles. The van der Waals surface area contributed by atoms with E-state index in [0.717, 1.165) is 25.0 Å². The quantitative estimate of drug-likeness (QED) is 0.846. The first-order chi connectivity index (χ1) is 13.1. The number of rotatable bonds is 4. The van der Waals surface area contributed by atoms with Gasteiger partial charge in [0.1, 0.15) is 6.54 Å². The zero-order chi connectivity index (χ0) is 18.8. The van der Waals surface area contributed by atoms with E-state index in [9.17, 15) is 14.4 Å². The number of nitrogens with one attached hydrogen (secondary N) is 2. The van der Waals surface area contributed by atoms with Crippen LogP contribution in [-0.2, 0) is 22.4 Å². The molecule has 1 saturated heterocycles. The van der Waals surface area contributed by atoms with Crippen molar-refractivity contribution in [2.75, 3.05) is 18.4 Å². The predicted molar refractivity (Wildman–Crippen MR) is 102 cm³/mol. The Morgan fingerprint density at radius 3 is 2.85 bits per heavy atom. The van der Waals surface area contributed by atoms with Gasteiger partial charge in [0.15, 0.2) is 5.13 Å². The van der Waals surface area contributed by atoms with Crippen molar-refractivity contribution in [1.29, 1.82) is 0 Å². The Kier molecular flexibility index (Phi) is 4.89. The lowest BCUT2D eigenvalue weighted by atomic mass is 9.85. The molecule has 1 atom stereocenters. The van der Waals surface area contributed by atoms with E-state index in [1.807, 2.05) is 6.07 Å². The van der Waals surface area contributed by atoms with Gasteiger partial charge in [-0.3, -0.25) is 14.9 Å². The van der Waals surface area contributed by atoms with Gasteiger partial charge in [0.25, 0.3) is 0 Å². The maximum absolute atomic E-state index is 12.3. The summed E-state index contributed by atoms with van der Waals surface area (Å²) in [5, 5.41) is 5.58. The number of hydrogen-bond donors (Lipinski definition) is 2. The summed E-state index contributed by atoms with van der Waals surface area (Å²) in [6, 6.07) is 9.95. The van der Waals surface area contributed by atoms with Crippen LogP contribution < -0.4 is 10.6 Å². The van der Waals surface area contributed by atoms with Crippen LogP contribution in [0.3, 0.4) is 0 Å². The van der Waals surface area contributed by atoms with Gasteiger partial charge < -0.3 is 10.2 Å². The largest absolute Gasteiger partial charge is 0.324 e. The van der Waals surface area contributed by atoms with Gasteiger partial charge in [0.05, 0.1) is 5.69 Å². The summed E-state index contributed by atoms with van der Waals surface area (Å²) in [6.07, 6.45) is 3.10. The second kappa shape index (κ2) is 7.48. The molecule has 1 aromatic carbocycles. The first kappa shape index (κ1) is 17.7. The summed E-state index contributed by atoms with van der Waals surface area (Å²) in [5.74, 6) is -0.125. The van der Waals surface area contributed by atoms with Gasteiger partial charge in [-0.25, -0.2) is 9.78 Å². The number of anilines is 1. The van der Waals surface area contributed by atoms with Crippen molar-refractivity contribution in [1.82, 2.24) is 15.2 Å². The molecule has 27 heavy (non-hydrogen) atoms. The molecule has 0 spiro atoms. The van der Waals surface area contributed by atoms with Crippen molar-refractivity contribution in [2.24, 2.45) is 0 Å². The van der Waals surface area contributed by atoms with Crippen LogP contribution in [-0.4, -0.2) is 40.8 Å². The number of carbonyl (C=O) groups is 3. The van der Waals surface area contributed by atoms with Gasteiger partial charge >= 0.3 is 6.03 Å². The Labute approximate surface area is 160 Å². The molecule has 4 amide bonds. The van der Waals surface area contributed by atoms with Crippen molar-refractivity contribution < 1.29 is 14.4 Å². The number of imide groups is 1. The van der Waals surface area contributed by atoms with Crippen molar-refractivity contribution in [3.8, 4) is 0 Å². The van der Waals surface area contributed by atoms with E-state index >= 15 is 0 Å². The van der Waals surface area contributed by atoms with Crippen LogP contribution in [0.25, 0.3) is 0 Å². The van der Waals surface area contributed by atoms with Gasteiger partial charge in [-0.2, -0.15) is 0 Å². The molecule has 7 nitrogen and oxygen atoms in total. The molecular formula is C19H20N4O3S. The molecule has 1 aliphatic carbocycles. The molecule has 0 unspecified atom stereocenters. The van der Waals surface area contributed by atoms with Crippen molar-refractivity contribution in [3.63, 3.8) is 0 Å². The Morgan fingerprint density at radius 1 is 1.26 bits per heavy atom. The highest BCUT2D eigenvalue weighted by molar-refractivity contribution is 7.15. The molecule has 1 aliphatic heterocycles. The summed E-state index contributed by atoms with van der Waals surface area (Å²) < 4.78 is 0. The Bertz CT molecular complexity index is 880. The lowest BCUT2D eigenvalue weighted by Gasteiger charge is -2.25. The smallest absolute Gasteiger partial charge is 0.315 e. The minimum absolute atomic E-state index is 0.0873. The molecule has 140 valence electrons. The Balaban J connectivity index is 1.37. The van der Waals surface area contributed by atoms with Crippen LogP contribution >= 0.6 is 11.3 Å². The van der Waals surface area contributed by atoms with Gasteiger partial charge in [-0.05, 0) is 30.7 Å². The number of carbonyl (C=O) groups excluding carboxylic acids is 3. The number of aryl methyl sites for hydroxylation is 1. The maximum atomic E-state index is 12.3. The normalized spacial score (nSPS) is 19.4. The summed E-state index contributed by atoms with van der Waals surface area (Å²) >= 11 is 1.51. The number of hydrogen-bond acceptors (Lipinski definition) is 5. The van der Waals surface area contributed by atoms with E-state index in [0.29, 0.717) is 11.0 Å². The predicted octanol–water partition coefficient (Wildman–Crippen LogP) is 2.30. The van der Waals surface area contributed by atoms with Gasteiger partial charge in [0, 0.05) is 17.8 Å². The minimum atomic E-state index is -0.523. The van der Waals surface area contributed by atoms with E-state index in [2.05, 4.69) is 39.9 Å². The highest BCUT2D eigenvalue weighted by atomic mass is 32.1. The highest BCUT2D eigenvalue weighted by Gasteiger charge is 2.26. The zero-order valence-electron chi connectivity index (χ0n) is 14.7. The van der Waals surface area contributed by atoms with Gasteiger partial charge in [-0.1, -0.05) is 30.3 Å². The fourth-order valence-corrected chi connectivity index (χ4v) is 4.62. The van der Waals surface area contributed by atoms with Crippen LogP contribution in [0.2, 0.25) is 0 Å². The highest BCUT2D eigenvalue weighted by Crippen LogP contribution is 2.36. The third-order valence-electron chi connectivity index (χ3n) is 4.93. The Morgan fingerprint density at radius 2 is 2.07 bits per heavy atom. The lowest BCUT2D eigenvalue weighted by molar-refractivity contribution is -0.123. The molecule has 4 rings (SSSR count). The molecule has 0 radical (unpaired) electrons. The van der Waals surface area contributed by atoms with E-state index in [-0.39, 0.29) is 31.3 Å². The summed E-state index contributed by atoms with van der Waals surface area (Å²) in [7, 11) is 0. The molecule has 1 fully saturated rings. The summed E-state index contributed by atoms with van der Waals surface area (Å²) in [5.41, 5.74) is 2.40. The van der Waals surface area contributed by atoms with Crippen LogP contribution in [0.5, 0.6) is 0 Å². The van der Waals surface area contributed by atoms with Crippen molar-refractivity contribution in [2.45, 2.75) is 31.6 Å². The first-order valence-electron chi connectivity index (χ1n) is 9.00. The first-order valence-corrected chi connectivity index (χ1v) is 9.82. The Hall–Kier alpha value is -2.74. The molecule has 0 bridgehead atoms. The topological polar surface area (TPSA) is 91.4 Å². The number of amides is 4. The van der Waals surface area contributed by atoms with Crippen LogP contribution in [0.1, 0.15) is 34.9 Å².